The van der Waals surface area contributed by atoms with Crippen molar-refractivity contribution in [1.82, 2.24) is 5.32 Å². The average Bonchev–Trinajstić information content (AvgIpc) is 2.93. The number of nitrogens with one attached hydrogen (secondary N) is 1. The number of ether oxygens (including phenoxy) is 2. The summed E-state index contributed by atoms with van der Waals surface area (Å²) in [6.45, 7) is 1.06. The fraction of sp³-hybridized carbons (Fsp3) is 0.429. The number of benzene rings is 1. The van der Waals surface area contributed by atoms with E-state index in [-0.39, 0.29) is 12.8 Å². The molecule has 1 aliphatic rings. The molecule has 6 N–H and O–H groups in total. The van der Waals surface area contributed by atoms with Crippen LogP contribution in [0.15, 0.2) is 23.2 Å². The van der Waals surface area contributed by atoms with E-state index in [1.807, 2.05) is 18.2 Å². The normalized spacial score (nSPS) is 13.6. The van der Waals surface area contributed by atoms with Crippen molar-refractivity contribution in [3.8, 4) is 11.5 Å². The lowest BCUT2D eigenvalue weighted by molar-refractivity contribution is -0.139. The van der Waals surface area contributed by atoms with Gasteiger partial charge in [0.2, 0.25) is 6.79 Å². The van der Waals surface area contributed by atoms with Gasteiger partial charge in [-0.3, -0.25) is 9.79 Å². The van der Waals surface area contributed by atoms with Gasteiger partial charge in [-0.2, -0.15) is 0 Å². The number of aliphatic carboxylic acids is 1. The van der Waals surface area contributed by atoms with Gasteiger partial charge in [0, 0.05) is 13.1 Å². The zero-order chi connectivity index (χ0) is 15.9. The molecular weight excluding hydrogens is 288 g/mol. The highest BCUT2D eigenvalue weighted by Crippen LogP contribution is 2.32. The second-order valence-corrected chi connectivity index (χ2v) is 4.91. The van der Waals surface area contributed by atoms with E-state index in [4.69, 9.17) is 20.9 Å². The molecule has 1 aromatic carbocycles. The van der Waals surface area contributed by atoms with E-state index in [1.165, 1.54) is 0 Å². The summed E-state index contributed by atoms with van der Waals surface area (Å²) in [7, 11) is 0. The number of carbonyl (C=O) groups is 1. The maximum absolute atomic E-state index is 11.2. The van der Waals surface area contributed by atoms with E-state index < -0.39 is 12.0 Å². The predicted octanol–water partition coefficient (Wildman–Crippen LogP) is 0.0117. The molecule has 2 rings (SSSR count). The summed E-state index contributed by atoms with van der Waals surface area (Å²) in [4.78, 5) is 15.1. The van der Waals surface area contributed by atoms with Gasteiger partial charge >= 0.3 is 5.97 Å². The monoisotopic (exact) mass is 308 g/mol. The van der Waals surface area contributed by atoms with E-state index in [0.717, 1.165) is 5.56 Å². The van der Waals surface area contributed by atoms with Crippen LogP contribution in [0.2, 0.25) is 0 Å². The minimum atomic E-state index is -0.898. The maximum Gasteiger partial charge on any atom is 0.320 e. The van der Waals surface area contributed by atoms with Gasteiger partial charge in [0.25, 0.3) is 0 Å². The highest BCUT2D eigenvalue weighted by atomic mass is 16.7. The summed E-state index contributed by atoms with van der Waals surface area (Å²) in [5.74, 6) is 0.500. The summed E-state index contributed by atoms with van der Waals surface area (Å²) in [6.07, 6.45) is 1.03. The third kappa shape index (κ3) is 4.52. The second kappa shape index (κ2) is 7.51. The molecule has 0 spiro atoms. The predicted molar refractivity (Wildman–Crippen MR) is 80.7 cm³/mol. The van der Waals surface area contributed by atoms with Gasteiger partial charge in [-0.05, 0) is 30.5 Å². The molecule has 1 atom stereocenters. The van der Waals surface area contributed by atoms with Crippen molar-refractivity contribution in [3.63, 3.8) is 0 Å². The van der Waals surface area contributed by atoms with Crippen LogP contribution in [0, 0.1) is 0 Å². The third-order valence-corrected chi connectivity index (χ3v) is 3.23. The number of fused-ring (bicyclic) bond motifs is 1. The molecule has 0 radical (unpaired) electrons. The molecule has 0 fully saturated rings. The van der Waals surface area contributed by atoms with Gasteiger partial charge < -0.3 is 31.4 Å². The molecule has 0 saturated carbocycles. The molecule has 1 aromatic rings. The first-order valence-electron chi connectivity index (χ1n) is 6.96. The highest BCUT2D eigenvalue weighted by Gasteiger charge is 2.17. The number of guanidine groups is 1. The van der Waals surface area contributed by atoms with Crippen LogP contribution >= 0.6 is 0 Å². The standard InChI is InChI=1S/C14H20N4O4/c15-14(16)17-5-1-2-10(13(19)20)18-7-9-3-4-11-12(6-9)22-8-21-11/h3-4,6,10,18H,1-2,5,7-8H2,(H,19,20)(H4,15,16,17)/t10-/m0/s1. The summed E-state index contributed by atoms with van der Waals surface area (Å²) in [5, 5.41) is 12.2. The molecule has 0 bridgehead atoms. The quantitative estimate of drug-likeness (QED) is 0.302. The lowest BCUT2D eigenvalue weighted by Gasteiger charge is -2.14. The second-order valence-electron chi connectivity index (χ2n) is 4.91. The van der Waals surface area contributed by atoms with E-state index in [9.17, 15) is 9.90 Å². The lowest BCUT2D eigenvalue weighted by atomic mass is 10.1. The molecule has 1 heterocycles. The SMILES string of the molecule is NC(N)=NCCC[C@H](NCc1ccc2c(c1)OCO2)C(=O)O. The van der Waals surface area contributed by atoms with Crippen molar-refractivity contribution >= 4 is 11.9 Å². The van der Waals surface area contributed by atoms with Crippen LogP contribution in [-0.4, -0.2) is 36.4 Å². The summed E-state index contributed by atoms with van der Waals surface area (Å²) < 4.78 is 10.5. The molecule has 8 heteroatoms. The van der Waals surface area contributed by atoms with E-state index in [2.05, 4.69) is 10.3 Å². The number of hydrogen-bond acceptors (Lipinski definition) is 5. The molecule has 0 aromatic heterocycles. The van der Waals surface area contributed by atoms with Crippen LogP contribution in [0.4, 0.5) is 0 Å². The van der Waals surface area contributed by atoms with Gasteiger partial charge in [0.1, 0.15) is 6.04 Å². The molecule has 0 saturated heterocycles. The molecule has 120 valence electrons. The molecule has 0 unspecified atom stereocenters. The Labute approximate surface area is 128 Å². The van der Waals surface area contributed by atoms with Crippen LogP contribution in [-0.2, 0) is 11.3 Å². The van der Waals surface area contributed by atoms with Crippen molar-refractivity contribution < 1.29 is 19.4 Å². The smallest absolute Gasteiger partial charge is 0.320 e. The minimum absolute atomic E-state index is 0.0141. The van der Waals surface area contributed by atoms with Crippen molar-refractivity contribution in [2.24, 2.45) is 16.5 Å². The molecule has 1 aliphatic heterocycles. The van der Waals surface area contributed by atoms with E-state index >= 15 is 0 Å². The Morgan fingerprint density at radius 3 is 2.86 bits per heavy atom. The Kier molecular flexibility index (Phi) is 5.42. The summed E-state index contributed by atoms with van der Waals surface area (Å²) in [6, 6.07) is 4.88. The number of hydrogen-bond donors (Lipinski definition) is 4. The van der Waals surface area contributed by atoms with Crippen LogP contribution in [0.5, 0.6) is 11.5 Å². The zero-order valence-electron chi connectivity index (χ0n) is 12.1. The minimum Gasteiger partial charge on any atom is -0.480 e. The van der Waals surface area contributed by atoms with Crippen LogP contribution in [0.1, 0.15) is 18.4 Å². The largest absolute Gasteiger partial charge is 0.480 e. The molecular formula is C14H20N4O4. The Morgan fingerprint density at radius 2 is 2.14 bits per heavy atom. The van der Waals surface area contributed by atoms with Gasteiger partial charge in [-0.15, -0.1) is 0 Å². The maximum atomic E-state index is 11.2. The fourth-order valence-electron chi connectivity index (χ4n) is 2.11. The Hall–Kier alpha value is -2.48. The first-order chi connectivity index (χ1) is 10.6. The number of carboxylic acid groups (broad SMARTS) is 1. The number of nitrogens with two attached hydrogens (primary N) is 2. The van der Waals surface area contributed by atoms with Crippen molar-refractivity contribution in [2.75, 3.05) is 13.3 Å². The average molecular weight is 308 g/mol. The first kappa shape index (κ1) is 15.9. The van der Waals surface area contributed by atoms with Gasteiger partial charge in [0.15, 0.2) is 17.5 Å². The zero-order valence-corrected chi connectivity index (χ0v) is 12.1. The van der Waals surface area contributed by atoms with Gasteiger partial charge in [-0.25, -0.2) is 0 Å². The molecule has 0 aliphatic carbocycles. The van der Waals surface area contributed by atoms with Crippen molar-refractivity contribution in [2.45, 2.75) is 25.4 Å². The fourth-order valence-corrected chi connectivity index (χ4v) is 2.11. The Morgan fingerprint density at radius 1 is 1.36 bits per heavy atom. The van der Waals surface area contributed by atoms with E-state index in [1.54, 1.807) is 0 Å². The van der Waals surface area contributed by atoms with Crippen LogP contribution in [0.3, 0.4) is 0 Å². The van der Waals surface area contributed by atoms with Gasteiger partial charge in [0.05, 0.1) is 0 Å². The molecule has 8 nitrogen and oxygen atoms in total. The Bertz CT molecular complexity index is 558. The molecule has 0 amide bonds. The topological polar surface area (TPSA) is 132 Å². The molecule has 22 heavy (non-hydrogen) atoms. The Balaban J connectivity index is 1.83. The number of carboxylic acids is 1. The third-order valence-electron chi connectivity index (χ3n) is 3.23. The number of nitrogens with zero attached hydrogens (tertiary/aromatic N) is 1. The number of rotatable bonds is 8. The number of aliphatic imine (C=N–C) groups is 1. The van der Waals surface area contributed by atoms with Gasteiger partial charge in [-0.1, -0.05) is 6.07 Å². The lowest BCUT2D eigenvalue weighted by Crippen LogP contribution is -2.36. The van der Waals surface area contributed by atoms with Crippen LogP contribution in [0.25, 0.3) is 0 Å². The van der Waals surface area contributed by atoms with Crippen LogP contribution < -0.4 is 26.3 Å². The summed E-state index contributed by atoms with van der Waals surface area (Å²) in [5.41, 5.74) is 11.4. The van der Waals surface area contributed by atoms with E-state index in [0.29, 0.717) is 37.4 Å². The highest BCUT2D eigenvalue weighted by molar-refractivity contribution is 5.75. The van der Waals surface area contributed by atoms with Crippen molar-refractivity contribution in [1.29, 1.82) is 0 Å². The van der Waals surface area contributed by atoms with Crippen molar-refractivity contribution in [3.05, 3.63) is 23.8 Å². The first-order valence-corrected chi connectivity index (χ1v) is 6.96. The summed E-state index contributed by atoms with van der Waals surface area (Å²) >= 11 is 0.